The highest BCUT2D eigenvalue weighted by Gasteiger charge is 2.13. The second kappa shape index (κ2) is 4.01. The molecular formula is C10H15NOS. The Labute approximate surface area is 83.0 Å². The maximum atomic E-state index is 11.6. The zero-order valence-corrected chi connectivity index (χ0v) is 9.36. The fraction of sp³-hybridized carbons (Fsp3) is 0.600. The number of hydrogen-bond donors (Lipinski definition) is 0. The standard InChI is InChI=1S/C10H15NOS/c1-6(2)5-9(12)10-11-7(3)8(4)13-10/h6H,5H2,1-4H3. The van der Waals surface area contributed by atoms with E-state index in [1.54, 1.807) is 0 Å². The number of hydrogen-bond acceptors (Lipinski definition) is 3. The van der Waals surface area contributed by atoms with Crippen molar-refractivity contribution in [1.29, 1.82) is 0 Å². The van der Waals surface area contributed by atoms with Gasteiger partial charge in [0, 0.05) is 11.3 Å². The predicted octanol–water partition coefficient (Wildman–Crippen LogP) is 2.99. The topological polar surface area (TPSA) is 30.0 Å². The average molecular weight is 197 g/mol. The number of thiazole rings is 1. The number of Topliss-reactive ketones (excluding diaryl/α,β-unsaturated/α-hetero) is 1. The summed E-state index contributed by atoms with van der Waals surface area (Å²) in [7, 11) is 0. The minimum absolute atomic E-state index is 0.177. The third-order valence-electron chi connectivity index (χ3n) is 1.86. The second-order valence-corrected chi connectivity index (χ2v) is 4.88. The molecule has 0 N–H and O–H groups in total. The average Bonchev–Trinajstić information content (AvgIpc) is 2.31. The molecule has 0 aliphatic carbocycles. The molecule has 0 aromatic carbocycles. The van der Waals surface area contributed by atoms with Crippen molar-refractivity contribution >= 4 is 17.1 Å². The first kappa shape index (κ1) is 10.4. The van der Waals surface area contributed by atoms with Crippen LogP contribution in [0.25, 0.3) is 0 Å². The van der Waals surface area contributed by atoms with E-state index >= 15 is 0 Å². The molecule has 0 spiro atoms. The molecule has 0 unspecified atom stereocenters. The third kappa shape index (κ3) is 2.62. The van der Waals surface area contributed by atoms with Crippen LogP contribution in [0.3, 0.4) is 0 Å². The van der Waals surface area contributed by atoms with Gasteiger partial charge in [0.2, 0.25) is 0 Å². The van der Waals surface area contributed by atoms with Gasteiger partial charge in [0.05, 0.1) is 5.69 Å². The molecule has 0 bridgehead atoms. The van der Waals surface area contributed by atoms with E-state index < -0.39 is 0 Å². The number of aromatic nitrogens is 1. The van der Waals surface area contributed by atoms with Crippen LogP contribution in [-0.2, 0) is 0 Å². The molecule has 0 aliphatic rings. The van der Waals surface area contributed by atoms with Crippen molar-refractivity contribution in [3.8, 4) is 0 Å². The van der Waals surface area contributed by atoms with Crippen molar-refractivity contribution in [2.24, 2.45) is 5.92 Å². The Morgan fingerprint density at radius 1 is 1.46 bits per heavy atom. The molecule has 13 heavy (non-hydrogen) atoms. The van der Waals surface area contributed by atoms with Crippen LogP contribution in [0.15, 0.2) is 0 Å². The predicted molar refractivity (Wildman–Crippen MR) is 55.4 cm³/mol. The lowest BCUT2D eigenvalue weighted by Crippen LogP contribution is -2.02. The van der Waals surface area contributed by atoms with Crippen molar-refractivity contribution in [1.82, 2.24) is 4.98 Å². The van der Waals surface area contributed by atoms with Gasteiger partial charge in [-0.3, -0.25) is 4.79 Å². The van der Waals surface area contributed by atoms with Gasteiger partial charge in [-0.25, -0.2) is 4.98 Å². The molecule has 2 nitrogen and oxygen atoms in total. The minimum Gasteiger partial charge on any atom is -0.292 e. The van der Waals surface area contributed by atoms with Crippen LogP contribution in [0.4, 0.5) is 0 Å². The summed E-state index contributed by atoms with van der Waals surface area (Å²) in [5.41, 5.74) is 0.983. The largest absolute Gasteiger partial charge is 0.292 e. The van der Waals surface area contributed by atoms with E-state index in [1.165, 1.54) is 11.3 Å². The van der Waals surface area contributed by atoms with Crippen molar-refractivity contribution in [3.05, 3.63) is 15.6 Å². The van der Waals surface area contributed by atoms with E-state index in [0.717, 1.165) is 10.6 Å². The maximum absolute atomic E-state index is 11.6. The quantitative estimate of drug-likeness (QED) is 0.697. The van der Waals surface area contributed by atoms with Crippen molar-refractivity contribution < 1.29 is 4.79 Å². The zero-order chi connectivity index (χ0) is 10.0. The van der Waals surface area contributed by atoms with Gasteiger partial charge in [0.1, 0.15) is 0 Å². The number of ketones is 1. The van der Waals surface area contributed by atoms with Gasteiger partial charge in [-0.2, -0.15) is 0 Å². The van der Waals surface area contributed by atoms with E-state index in [0.29, 0.717) is 17.3 Å². The van der Waals surface area contributed by atoms with Crippen LogP contribution in [0.1, 0.15) is 40.6 Å². The van der Waals surface area contributed by atoms with Gasteiger partial charge in [0.25, 0.3) is 0 Å². The molecule has 0 radical (unpaired) electrons. The summed E-state index contributed by atoms with van der Waals surface area (Å²) >= 11 is 1.50. The Hall–Kier alpha value is -0.700. The molecule has 3 heteroatoms. The first-order chi connectivity index (χ1) is 6.00. The van der Waals surface area contributed by atoms with Gasteiger partial charge in [0.15, 0.2) is 10.8 Å². The van der Waals surface area contributed by atoms with E-state index in [9.17, 15) is 4.79 Å². The third-order valence-corrected chi connectivity index (χ3v) is 2.97. The smallest absolute Gasteiger partial charge is 0.191 e. The van der Waals surface area contributed by atoms with Gasteiger partial charge in [-0.15, -0.1) is 11.3 Å². The molecule has 0 atom stereocenters. The SMILES string of the molecule is Cc1nc(C(=O)CC(C)C)sc1C. The monoisotopic (exact) mass is 197 g/mol. The maximum Gasteiger partial charge on any atom is 0.191 e. The Balaban J connectivity index is 2.77. The molecule has 1 heterocycles. The number of aryl methyl sites for hydroxylation is 2. The van der Waals surface area contributed by atoms with Crippen LogP contribution in [0, 0.1) is 19.8 Å². The summed E-state index contributed by atoms with van der Waals surface area (Å²) < 4.78 is 0. The highest BCUT2D eigenvalue weighted by atomic mass is 32.1. The molecule has 0 amide bonds. The number of carbonyl (C=O) groups excluding carboxylic acids is 1. The summed E-state index contributed by atoms with van der Waals surface area (Å²) in [6.07, 6.45) is 0.604. The molecule has 0 saturated carbocycles. The van der Waals surface area contributed by atoms with Crippen molar-refractivity contribution in [3.63, 3.8) is 0 Å². The van der Waals surface area contributed by atoms with Gasteiger partial charge in [-0.05, 0) is 19.8 Å². The van der Waals surface area contributed by atoms with E-state index in [1.807, 2.05) is 27.7 Å². The fourth-order valence-electron chi connectivity index (χ4n) is 1.05. The highest BCUT2D eigenvalue weighted by Crippen LogP contribution is 2.19. The Bertz CT molecular complexity index is 295. The van der Waals surface area contributed by atoms with Gasteiger partial charge in [-0.1, -0.05) is 13.8 Å². The van der Waals surface area contributed by atoms with E-state index in [2.05, 4.69) is 4.98 Å². The molecular weight excluding hydrogens is 182 g/mol. The first-order valence-electron chi connectivity index (χ1n) is 4.48. The molecule has 1 aromatic rings. The second-order valence-electron chi connectivity index (χ2n) is 3.68. The molecule has 1 aromatic heterocycles. The molecule has 1 rings (SSSR count). The lowest BCUT2D eigenvalue weighted by molar-refractivity contribution is 0.0967. The lowest BCUT2D eigenvalue weighted by Gasteiger charge is -1.99. The van der Waals surface area contributed by atoms with Crippen LogP contribution < -0.4 is 0 Å². The molecule has 0 fully saturated rings. The summed E-state index contributed by atoms with van der Waals surface area (Å²) in [6, 6.07) is 0. The molecule has 0 saturated heterocycles. The summed E-state index contributed by atoms with van der Waals surface area (Å²) in [6.45, 7) is 8.04. The van der Waals surface area contributed by atoms with Crippen LogP contribution in [0.2, 0.25) is 0 Å². The zero-order valence-electron chi connectivity index (χ0n) is 8.55. The summed E-state index contributed by atoms with van der Waals surface area (Å²) in [5.74, 6) is 0.591. The Kier molecular flexibility index (Phi) is 3.20. The number of carbonyl (C=O) groups is 1. The van der Waals surface area contributed by atoms with Crippen LogP contribution in [0.5, 0.6) is 0 Å². The van der Waals surface area contributed by atoms with Gasteiger partial charge < -0.3 is 0 Å². The van der Waals surface area contributed by atoms with Crippen molar-refractivity contribution in [2.75, 3.05) is 0 Å². The summed E-state index contributed by atoms with van der Waals surface area (Å²) in [5, 5.41) is 0.670. The van der Waals surface area contributed by atoms with Crippen LogP contribution >= 0.6 is 11.3 Å². The van der Waals surface area contributed by atoms with E-state index in [4.69, 9.17) is 0 Å². The molecule has 0 aliphatic heterocycles. The number of rotatable bonds is 3. The Morgan fingerprint density at radius 2 is 2.08 bits per heavy atom. The Morgan fingerprint density at radius 3 is 2.46 bits per heavy atom. The first-order valence-corrected chi connectivity index (χ1v) is 5.29. The minimum atomic E-state index is 0.177. The van der Waals surface area contributed by atoms with Gasteiger partial charge >= 0.3 is 0 Å². The van der Waals surface area contributed by atoms with Crippen molar-refractivity contribution in [2.45, 2.75) is 34.1 Å². The molecule has 72 valence electrons. The lowest BCUT2D eigenvalue weighted by atomic mass is 10.1. The van der Waals surface area contributed by atoms with Crippen LogP contribution in [-0.4, -0.2) is 10.8 Å². The fourth-order valence-corrected chi connectivity index (χ4v) is 1.91. The highest BCUT2D eigenvalue weighted by molar-refractivity contribution is 7.13. The number of nitrogens with zero attached hydrogens (tertiary/aromatic N) is 1. The normalized spacial score (nSPS) is 10.8. The summed E-state index contributed by atoms with van der Waals surface area (Å²) in [4.78, 5) is 16.9. The van der Waals surface area contributed by atoms with E-state index in [-0.39, 0.29) is 5.78 Å².